The van der Waals surface area contributed by atoms with Crippen LogP contribution in [-0.2, 0) is 19.4 Å². The number of methoxy groups -OCH3 is 1. The van der Waals surface area contributed by atoms with E-state index in [4.69, 9.17) is 26.3 Å². The number of pyridine rings is 1. The molecule has 3 heterocycles. The van der Waals surface area contributed by atoms with E-state index >= 15 is 0 Å². The van der Waals surface area contributed by atoms with Gasteiger partial charge >= 0.3 is 0 Å². The molecule has 0 saturated carbocycles. The minimum atomic E-state index is -0.166. The summed E-state index contributed by atoms with van der Waals surface area (Å²) in [5.74, 6) is 1.47. The van der Waals surface area contributed by atoms with Crippen molar-refractivity contribution in [1.29, 1.82) is 0 Å². The molecule has 166 valence electrons. The Balaban J connectivity index is 1.39. The minimum absolute atomic E-state index is 0.166. The number of halogens is 1. The molecule has 7 heteroatoms. The SMILES string of the molecule is COc1ccc(-c2nc(CO)c(N3CCC4(CC3)Cc3cccnc3C4)nc2C)c(Cl)c1. The van der Waals surface area contributed by atoms with Crippen molar-refractivity contribution in [3.05, 3.63) is 64.2 Å². The molecule has 5 rings (SSSR count). The van der Waals surface area contributed by atoms with E-state index < -0.39 is 0 Å². The second kappa shape index (κ2) is 8.34. The fraction of sp³-hybridized carbons (Fsp3) is 0.400. The second-order valence-corrected chi connectivity index (χ2v) is 9.29. The molecular formula is C25H27ClN4O2. The van der Waals surface area contributed by atoms with Gasteiger partial charge < -0.3 is 14.7 Å². The molecule has 1 saturated heterocycles. The van der Waals surface area contributed by atoms with Crippen LogP contribution >= 0.6 is 11.6 Å². The van der Waals surface area contributed by atoms with Gasteiger partial charge in [-0.2, -0.15) is 0 Å². The number of ether oxygens (including phenoxy) is 1. The first kappa shape index (κ1) is 21.2. The lowest BCUT2D eigenvalue weighted by Gasteiger charge is -2.40. The zero-order valence-corrected chi connectivity index (χ0v) is 19.2. The Labute approximate surface area is 193 Å². The van der Waals surface area contributed by atoms with Crippen LogP contribution in [0.15, 0.2) is 36.5 Å². The Morgan fingerprint density at radius 1 is 1.16 bits per heavy atom. The molecule has 6 nitrogen and oxygen atoms in total. The predicted molar refractivity (Wildman–Crippen MR) is 125 cm³/mol. The van der Waals surface area contributed by atoms with Gasteiger partial charge in [0.1, 0.15) is 11.4 Å². The number of rotatable bonds is 4. The third-order valence-corrected chi connectivity index (χ3v) is 7.23. The molecule has 0 amide bonds. The third kappa shape index (κ3) is 3.71. The van der Waals surface area contributed by atoms with Crippen molar-refractivity contribution in [2.75, 3.05) is 25.1 Å². The number of hydrogen-bond donors (Lipinski definition) is 1. The number of anilines is 1. The fourth-order valence-corrected chi connectivity index (χ4v) is 5.39. The van der Waals surface area contributed by atoms with Gasteiger partial charge in [-0.25, -0.2) is 9.97 Å². The van der Waals surface area contributed by atoms with Crippen molar-refractivity contribution < 1.29 is 9.84 Å². The van der Waals surface area contributed by atoms with Crippen LogP contribution in [0.25, 0.3) is 11.3 Å². The number of piperidine rings is 1. The van der Waals surface area contributed by atoms with Crippen LogP contribution in [0.5, 0.6) is 5.75 Å². The van der Waals surface area contributed by atoms with Gasteiger partial charge in [-0.15, -0.1) is 0 Å². The van der Waals surface area contributed by atoms with Gasteiger partial charge in [-0.05, 0) is 67.9 Å². The van der Waals surface area contributed by atoms with Crippen molar-refractivity contribution >= 4 is 17.4 Å². The molecule has 0 bridgehead atoms. The highest BCUT2D eigenvalue weighted by Crippen LogP contribution is 2.44. The Morgan fingerprint density at radius 3 is 2.66 bits per heavy atom. The van der Waals surface area contributed by atoms with Gasteiger partial charge in [0.05, 0.1) is 30.1 Å². The van der Waals surface area contributed by atoms with E-state index in [1.54, 1.807) is 13.2 Å². The first-order chi connectivity index (χ1) is 15.5. The Kier molecular flexibility index (Phi) is 5.51. The van der Waals surface area contributed by atoms with E-state index in [0.29, 0.717) is 27.6 Å². The molecular weight excluding hydrogens is 424 g/mol. The standard InChI is InChI=1S/C25H27ClN4O2/c1-16-23(19-6-5-18(32-2)12-20(19)26)29-22(15-31)24(28-16)30-10-7-25(8-11-30)13-17-4-3-9-27-21(17)14-25/h3-6,9,12,31H,7-8,10-11,13-15H2,1-2H3. The summed E-state index contributed by atoms with van der Waals surface area (Å²) in [6.07, 6.45) is 6.23. The van der Waals surface area contributed by atoms with E-state index in [2.05, 4.69) is 16.0 Å². The first-order valence-corrected chi connectivity index (χ1v) is 11.4. The summed E-state index contributed by atoms with van der Waals surface area (Å²) in [4.78, 5) is 16.5. The summed E-state index contributed by atoms with van der Waals surface area (Å²) in [5.41, 5.74) is 5.81. The maximum Gasteiger partial charge on any atom is 0.153 e. The zero-order valence-electron chi connectivity index (χ0n) is 18.4. The second-order valence-electron chi connectivity index (χ2n) is 8.88. The topological polar surface area (TPSA) is 71.4 Å². The van der Waals surface area contributed by atoms with Crippen LogP contribution in [0.4, 0.5) is 5.82 Å². The van der Waals surface area contributed by atoms with Crippen LogP contribution in [0.3, 0.4) is 0 Å². The molecule has 1 N–H and O–H groups in total. The van der Waals surface area contributed by atoms with Gasteiger partial charge in [-0.1, -0.05) is 17.7 Å². The van der Waals surface area contributed by atoms with Crippen molar-refractivity contribution in [2.45, 2.75) is 39.2 Å². The van der Waals surface area contributed by atoms with Crippen molar-refractivity contribution in [3.8, 4) is 17.0 Å². The normalized spacial score (nSPS) is 16.9. The van der Waals surface area contributed by atoms with Crippen LogP contribution in [0.2, 0.25) is 5.02 Å². The van der Waals surface area contributed by atoms with Gasteiger partial charge in [0.25, 0.3) is 0 Å². The van der Waals surface area contributed by atoms with Crippen molar-refractivity contribution in [1.82, 2.24) is 15.0 Å². The third-order valence-electron chi connectivity index (χ3n) is 6.92. The van der Waals surface area contributed by atoms with Gasteiger partial charge in [0.2, 0.25) is 0 Å². The summed E-state index contributed by atoms with van der Waals surface area (Å²) in [7, 11) is 1.61. The van der Waals surface area contributed by atoms with Crippen molar-refractivity contribution in [3.63, 3.8) is 0 Å². The molecule has 1 aromatic carbocycles. The molecule has 1 spiro atoms. The number of nitrogens with zero attached hydrogens (tertiary/aromatic N) is 4. The minimum Gasteiger partial charge on any atom is -0.497 e. The average molecular weight is 451 g/mol. The van der Waals surface area contributed by atoms with E-state index in [1.807, 2.05) is 31.3 Å². The number of aliphatic hydroxyl groups excluding tert-OH is 1. The number of aromatic nitrogens is 3. The maximum atomic E-state index is 10.1. The van der Waals surface area contributed by atoms with E-state index in [9.17, 15) is 5.11 Å². The summed E-state index contributed by atoms with van der Waals surface area (Å²) in [5, 5.41) is 10.6. The molecule has 1 aliphatic heterocycles. The van der Waals surface area contributed by atoms with Gasteiger partial charge in [-0.3, -0.25) is 4.98 Å². The van der Waals surface area contributed by atoms with Crippen LogP contribution < -0.4 is 9.64 Å². The monoisotopic (exact) mass is 450 g/mol. The Hall–Kier alpha value is -2.70. The number of benzene rings is 1. The molecule has 0 unspecified atom stereocenters. The molecule has 1 aliphatic carbocycles. The van der Waals surface area contributed by atoms with E-state index in [1.165, 1.54) is 11.3 Å². The molecule has 0 radical (unpaired) electrons. The smallest absolute Gasteiger partial charge is 0.153 e. The lowest BCUT2D eigenvalue weighted by molar-refractivity contribution is 0.230. The summed E-state index contributed by atoms with van der Waals surface area (Å²) in [6, 6.07) is 9.76. The molecule has 0 atom stereocenters. The number of aliphatic hydroxyl groups is 1. The molecule has 2 aliphatic rings. The molecule has 1 fully saturated rings. The van der Waals surface area contributed by atoms with E-state index in [0.717, 1.165) is 55.8 Å². The zero-order chi connectivity index (χ0) is 22.3. The number of aryl methyl sites for hydroxylation is 1. The quantitative estimate of drug-likeness (QED) is 0.635. The highest BCUT2D eigenvalue weighted by Gasteiger charge is 2.41. The van der Waals surface area contributed by atoms with Crippen LogP contribution in [-0.4, -0.2) is 40.3 Å². The first-order valence-electron chi connectivity index (χ1n) is 11.0. The Morgan fingerprint density at radius 2 is 1.97 bits per heavy atom. The summed E-state index contributed by atoms with van der Waals surface area (Å²) >= 11 is 6.48. The van der Waals surface area contributed by atoms with Crippen LogP contribution in [0.1, 0.15) is 35.5 Å². The van der Waals surface area contributed by atoms with Gasteiger partial charge in [0, 0.05) is 30.5 Å². The fourth-order valence-electron chi connectivity index (χ4n) is 5.13. The highest BCUT2D eigenvalue weighted by atomic mass is 35.5. The maximum absolute atomic E-state index is 10.1. The largest absolute Gasteiger partial charge is 0.497 e. The molecule has 32 heavy (non-hydrogen) atoms. The molecule has 3 aromatic rings. The molecule has 2 aromatic heterocycles. The van der Waals surface area contributed by atoms with E-state index in [-0.39, 0.29) is 6.61 Å². The highest BCUT2D eigenvalue weighted by molar-refractivity contribution is 6.33. The lowest BCUT2D eigenvalue weighted by Crippen LogP contribution is -2.41. The average Bonchev–Trinajstić information content (AvgIpc) is 3.17. The number of hydrogen-bond acceptors (Lipinski definition) is 6. The predicted octanol–water partition coefficient (Wildman–Crippen LogP) is 4.39. The summed E-state index contributed by atoms with van der Waals surface area (Å²) in [6.45, 7) is 3.58. The Bertz CT molecular complexity index is 1130. The van der Waals surface area contributed by atoms with Gasteiger partial charge in [0.15, 0.2) is 5.82 Å². The number of fused-ring (bicyclic) bond motifs is 1. The van der Waals surface area contributed by atoms with Crippen molar-refractivity contribution in [2.24, 2.45) is 5.41 Å². The summed E-state index contributed by atoms with van der Waals surface area (Å²) < 4.78 is 5.25. The van der Waals surface area contributed by atoms with Crippen LogP contribution in [0, 0.1) is 12.3 Å². The lowest BCUT2D eigenvalue weighted by atomic mass is 9.76.